The second-order valence-corrected chi connectivity index (χ2v) is 6.91. The number of nitrogens with zero attached hydrogens (tertiary/aromatic N) is 1. The highest BCUT2D eigenvalue weighted by molar-refractivity contribution is 7.17. The number of hydrogen-bond donors (Lipinski definition) is 1. The highest BCUT2D eigenvalue weighted by Gasteiger charge is 2.14. The number of nitrogens with one attached hydrogen (secondary N) is 1. The highest BCUT2D eigenvalue weighted by Crippen LogP contribution is 2.32. The molecule has 5 nitrogen and oxygen atoms in total. The standard InChI is InChI=1S/C20H18N2O3S/c1-12-4-5-14(20(24)25-3)10-15(12)17-6-7-18(26-17)19(23)22-16-8-9-21-11-13(16)2/h4-11H,1-3H3,(H,21,22,23). The van der Waals surface area contributed by atoms with Crippen LogP contribution in [0.5, 0.6) is 0 Å². The van der Waals surface area contributed by atoms with Gasteiger partial charge in [0, 0.05) is 23.0 Å². The smallest absolute Gasteiger partial charge is 0.337 e. The van der Waals surface area contributed by atoms with Crippen LogP contribution < -0.4 is 5.32 Å². The number of methoxy groups -OCH3 is 1. The molecule has 0 aliphatic carbocycles. The topological polar surface area (TPSA) is 68.3 Å². The third kappa shape index (κ3) is 3.65. The normalized spacial score (nSPS) is 10.4. The number of rotatable bonds is 4. The molecule has 1 amide bonds. The summed E-state index contributed by atoms with van der Waals surface area (Å²) in [6, 6.07) is 10.9. The zero-order valence-electron chi connectivity index (χ0n) is 14.7. The van der Waals surface area contributed by atoms with Crippen molar-refractivity contribution < 1.29 is 14.3 Å². The summed E-state index contributed by atoms with van der Waals surface area (Å²) in [7, 11) is 1.36. The van der Waals surface area contributed by atoms with Crippen LogP contribution in [0.3, 0.4) is 0 Å². The Balaban J connectivity index is 1.87. The third-order valence-electron chi connectivity index (χ3n) is 4.02. The fraction of sp³-hybridized carbons (Fsp3) is 0.150. The Morgan fingerprint density at radius 2 is 1.88 bits per heavy atom. The molecule has 0 atom stereocenters. The molecule has 3 aromatic rings. The molecule has 6 heteroatoms. The van der Waals surface area contributed by atoms with E-state index in [2.05, 4.69) is 10.3 Å². The number of hydrogen-bond acceptors (Lipinski definition) is 5. The van der Waals surface area contributed by atoms with Gasteiger partial charge in [-0.1, -0.05) is 6.07 Å². The maximum atomic E-state index is 12.5. The number of pyridine rings is 1. The Hall–Kier alpha value is -2.99. The maximum absolute atomic E-state index is 12.5. The van der Waals surface area contributed by atoms with Crippen LogP contribution in [-0.2, 0) is 4.74 Å². The zero-order chi connectivity index (χ0) is 18.7. The van der Waals surface area contributed by atoms with Crippen LogP contribution in [0.4, 0.5) is 5.69 Å². The van der Waals surface area contributed by atoms with Crippen molar-refractivity contribution in [1.29, 1.82) is 0 Å². The van der Waals surface area contributed by atoms with Crippen molar-refractivity contribution in [3.63, 3.8) is 0 Å². The van der Waals surface area contributed by atoms with Crippen LogP contribution in [-0.4, -0.2) is 24.0 Å². The van der Waals surface area contributed by atoms with Gasteiger partial charge in [-0.15, -0.1) is 11.3 Å². The van der Waals surface area contributed by atoms with Crippen molar-refractivity contribution in [2.45, 2.75) is 13.8 Å². The molecule has 0 aliphatic rings. The van der Waals surface area contributed by atoms with E-state index in [1.807, 2.05) is 26.0 Å². The molecule has 1 aromatic carbocycles. The second-order valence-electron chi connectivity index (χ2n) is 5.83. The zero-order valence-corrected chi connectivity index (χ0v) is 15.5. The van der Waals surface area contributed by atoms with Gasteiger partial charge in [-0.05, 0) is 60.9 Å². The van der Waals surface area contributed by atoms with E-state index in [0.29, 0.717) is 10.4 Å². The summed E-state index contributed by atoms with van der Waals surface area (Å²) in [5.74, 6) is -0.550. The highest BCUT2D eigenvalue weighted by atomic mass is 32.1. The summed E-state index contributed by atoms with van der Waals surface area (Å²) in [4.78, 5) is 29.8. The van der Waals surface area contributed by atoms with Gasteiger partial charge >= 0.3 is 5.97 Å². The Morgan fingerprint density at radius 3 is 2.62 bits per heavy atom. The lowest BCUT2D eigenvalue weighted by atomic mass is 10.0. The van der Waals surface area contributed by atoms with Crippen LogP contribution in [0.2, 0.25) is 0 Å². The molecule has 0 radical (unpaired) electrons. The average Bonchev–Trinajstić information content (AvgIpc) is 3.13. The SMILES string of the molecule is COC(=O)c1ccc(C)c(-c2ccc(C(=O)Nc3ccncc3C)s2)c1. The fourth-order valence-electron chi connectivity index (χ4n) is 2.53. The van der Waals surface area contributed by atoms with Gasteiger partial charge in [0.05, 0.1) is 17.6 Å². The van der Waals surface area contributed by atoms with E-state index in [-0.39, 0.29) is 11.9 Å². The molecule has 132 valence electrons. The number of aromatic nitrogens is 1. The van der Waals surface area contributed by atoms with E-state index in [4.69, 9.17) is 4.74 Å². The van der Waals surface area contributed by atoms with E-state index < -0.39 is 0 Å². The molecule has 0 saturated heterocycles. The van der Waals surface area contributed by atoms with Crippen molar-refractivity contribution in [2.75, 3.05) is 12.4 Å². The number of carbonyl (C=O) groups is 2. The maximum Gasteiger partial charge on any atom is 0.337 e. The molecule has 0 saturated carbocycles. The van der Waals surface area contributed by atoms with E-state index in [1.165, 1.54) is 18.4 Å². The number of amides is 1. The number of aryl methyl sites for hydroxylation is 2. The van der Waals surface area contributed by atoms with Crippen molar-refractivity contribution in [2.24, 2.45) is 0 Å². The second kappa shape index (κ2) is 7.49. The fourth-order valence-corrected chi connectivity index (χ4v) is 3.52. The molecule has 1 N–H and O–H groups in total. The van der Waals surface area contributed by atoms with E-state index in [0.717, 1.165) is 27.3 Å². The Morgan fingerprint density at radius 1 is 1.08 bits per heavy atom. The number of anilines is 1. The Bertz CT molecular complexity index is 979. The van der Waals surface area contributed by atoms with Crippen molar-refractivity contribution >= 4 is 28.9 Å². The number of benzene rings is 1. The van der Waals surface area contributed by atoms with Crippen LogP contribution in [0.25, 0.3) is 10.4 Å². The lowest BCUT2D eigenvalue weighted by Gasteiger charge is -2.07. The van der Waals surface area contributed by atoms with Gasteiger partial charge < -0.3 is 10.1 Å². The van der Waals surface area contributed by atoms with Crippen molar-refractivity contribution in [1.82, 2.24) is 4.98 Å². The lowest BCUT2D eigenvalue weighted by Crippen LogP contribution is -2.11. The first kappa shape index (κ1) is 17.8. The molecular weight excluding hydrogens is 348 g/mol. The molecule has 3 rings (SSSR count). The molecule has 0 fully saturated rings. The first-order chi connectivity index (χ1) is 12.5. The van der Waals surface area contributed by atoms with Gasteiger partial charge in [-0.25, -0.2) is 4.79 Å². The first-order valence-electron chi connectivity index (χ1n) is 8.00. The summed E-state index contributed by atoms with van der Waals surface area (Å²) in [6.07, 6.45) is 3.35. The molecule has 2 heterocycles. The number of thiophene rings is 1. The summed E-state index contributed by atoms with van der Waals surface area (Å²) in [5, 5.41) is 2.90. The predicted octanol–water partition coefficient (Wildman–Crippen LogP) is 4.47. The van der Waals surface area contributed by atoms with Crippen LogP contribution >= 0.6 is 11.3 Å². The number of ether oxygens (including phenoxy) is 1. The largest absolute Gasteiger partial charge is 0.465 e. The molecule has 0 aliphatic heterocycles. The van der Waals surface area contributed by atoms with Gasteiger partial charge in [-0.3, -0.25) is 9.78 Å². The summed E-state index contributed by atoms with van der Waals surface area (Å²) >= 11 is 1.38. The minimum atomic E-state index is -0.381. The third-order valence-corrected chi connectivity index (χ3v) is 5.14. The van der Waals surface area contributed by atoms with Gasteiger partial charge in [0.25, 0.3) is 5.91 Å². The number of esters is 1. The monoisotopic (exact) mass is 366 g/mol. The predicted molar refractivity (Wildman–Crippen MR) is 103 cm³/mol. The molecule has 2 aromatic heterocycles. The first-order valence-corrected chi connectivity index (χ1v) is 8.82. The van der Waals surface area contributed by atoms with Crippen molar-refractivity contribution in [3.05, 3.63) is 70.4 Å². The van der Waals surface area contributed by atoms with E-state index in [1.54, 1.807) is 36.7 Å². The van der Waals surface area contributed by atoms with Crippen molar-refractivity contribution in [3.8, 4) is 10.4 Å². The van der Waals surface area contributed by atoms with Gasteiger partial charge in [0.1, 0.15) is 0 Å². The molecular formula is C20H18N2O3S. The summed E-state index contributed by atoms with van der Waals surface area (Å²) in [5.41, 5.74) is 4.07. The summed E-state index contributed by atoms with van der Waals surface area (Å²) < 4.78 is 4.78. The quantitative estimate of drug-likeness (QED) is 0.692. The average molecular weight is 366 g/mol. The Kier molecular flexibility index (Phi) is 5.14. The Labute approximate surface area is 155 Å². The van der Waals surface area contributed by atoms with Crippen LogP contribution in [0.1, 0.15) is 31.2 Å². The van der Waals surface area contributed by atoms with Gasteiger partial charge in [0.2, 0.25) is 0 Å². The molecule has 26 heavy (non-hydrogen) atoms. The molecule has 0 unspecified atom stereocenters. The van der Waals surface area contributed by atoms with Crippen LogP contribution in [0.15, 0.2) is 48.8 Å². The summed E-state index contributed by atoms with van der Waals surface area (Å²) in [6.45, 7) is 3.86. The molecule has 0 bridgehead atoms. The van der Waals surface area contributed by atoms with Gasteiger partial charge in [0.15, 0.2) is 0 Å². The van der Waals surface area contributed by atoms with Crippen LogP contribution in [0, 0.1) is 13.8 Å². The molecule has 0 spiro atoms. The van der Waals surface area contributed by atoms with E-state index >= 15 is 0 Å². The number of carbonyl (C=O) groups excluding carboxylic acids is 2. The van der Waals surface area contributed by atoms with Gasteiger partial charge in [-0.2, -0.15) is 0 Å². The van der Waals surface area contributed by atoms with E-state index in [9.17, 15) is 9.59 Å². The lowest BCUT2D eigenvalue weighted by molar-refractivity contribution is 0.0600. The minimum Gasteiger partial charge on any atom is -0.465 e. The minimum absolute atomic E-state index is 0.169.